The summed E-state index contributed by atoms with van der Waals surface area (Å²) in [4.78, 5) is 12.0. The van der Waals surface area contributed by atoms with Crippen LogP contribution < -0.4 is 11.1 Å². The van der Waals surface area contributed by atoms with Crippen LogP contribution in [0.2, 0.25) is 0 Å². The maximum Gasteiger partial charge on any atom is 0.271 e. The zero-order chi connectivity index (χ0) is 15.7. The molecule has 0 spiro atoms. The quantitative estimate of drug-likeness (QED) is 0.881. The molecule has 116 valence electrons. The fourth-order valence-corrected chi connectivity index (χ4v) is 2.27. The van der Waals surface area contributed by atoms with Crippen molar-refractivity contribution in [2.45, 2.75) is 18.9 Å². The molecule has 3 N–H and O–H groups in total. The molecule has 0 bridgehead atoms. The molecule has 1 amide bonds. The van der Waals surface area contributed by atoms with Crippen LogP contribution >= 0.6 is 0 Å². The Bertz CT molecular complexity index is 676. The smallest absolute Gasteiger partial charge is 0.271 e. The minimum Gasteiger partial charge on any atom is -0.349 e. The molecule has 0 radical (unpaired) electrons. The lowest BCUT2D eigenvalue weighted by atomic mass is 10.2. The number of hydrogen-bond donors (Lipinski definition) is 2. The molecular weight excluding hydrogens is 290 g/mol. The summed E-state index contributed by atoms with van der Waals surface area (Å²) in [5.41, 5.74) is 5.68. The summed E-state index contributed by atoms with van der Waals surface area (Å²) >= 11 is 0. The number of nitrogens with two attached hydrogens (primary N) is 1. The van der Waals surface area contributed by atoms with E-state index in [1.54, 1.807) is 0 Å². The lowest BCUT2D eigenvalue weighted by Crippen LogP contribution is -2.38. The van der Waals surface area contributed by atoms with Crippen LogP contribution in [0.4, 0.5) is 8.78 Å². The Morgan fingerprint density at radius 1 is 1.36 bits per heavy atom. The highest BCUT2D eigenvalue weighted by molar-refractivity contribution is 5.92. The number of nitrogens with zero attached hydrogens (tertiary/aromatic N) is 2. The Morgan fingerprint density at radius 3 is 2.68 bits per heavy atom. The van der Waals surface area contributed by atoms with Gasteiger partial charge in [-0.3, -0.25) is 4.79 Å². The summed E-state index contributed by atoms with van der Waals surface area (Å²) in [6, 6.07) is 4.88. The van der Waals surface area contributed by atoms with Crippen molar-refractivity contribution in [1.29, 1.82) is 0 Å². The van der Waals surface area contributed by atoms with Crippen LogP contribution in [-0.2, 0) is 0 Å². The fraction of sp³-hybridized carbons (Fsp3) is 0.333. The molecule has 1 atom stereocenters. The highest BCUT2D eigenvalue weighted by Gasteiger charge is 2.28. The molecule has 1 aromatic carbocycles. The number of benzene rings is 1. The third kappa shape index (κ3) is 2.99. The van der Waals surface area contributed by atoms with Gasteiger partial charge in [0.1, 0.15) is 5.69 Å². The second-order valence-electron chi connectivity index (χ2n) is 5.43. The average Bonchev–Trinajstić information content (AvgIpc) is 3.23. The highest BCUT2D eigenvalue weighted by Crippen LogP contribution is 2.31. The monoisotopic (exact) mass is 306 g/mol. The van der Waals surface area contributed by atoms with Crippen LogP contribution in [0.3, 0.4) is 0 Å². The molecule has 3 rings (SSSR count). The van der Waals surface area contributed by atoms with Crippen LogP contribution in [0.25, 0.3) is 5.69 Å². The van der Waals surface area contributed by atoms with Crippen LogP contribution in [0.15, 0.2) is 30.5 Å². The van der Waals surface area contributed by atoms with Gasteiger partial charge in [-0.2, -0.15) is 5.10 Å². The van der Waals surface area contributed by atoms with Crippen LogP contribution in [-0.4, -0.2) is 28.3 Å². The Balaban J connectivity index is 1.71. The molecule has 1 aliphatic rings. The zero-order valence-electron chi connectivity index (χ0n) is 11.8. The average molecular weight is 306 g/mol. The van der Waals surface area contributed by atoms with Crippen molar-refractivity contribution in [2.75, 3.05) is 6.54 Å². The summed E-state index contributed by atoms with van der Waals surface area (Å²) in [7, 11) is 0. The van der Waals surface area contributed by atoms with Gasteiger partial charge in [0.15, 0.2) is 17.3 Å². The van der Waals surface area contributed by atoms with E-state index in [2.05, 4.69) is 10.4 Å². The molecule has 0 aliphatic heterocycles. The number of carbonyl (C=O) groups is 1. The van der Waals surface area contributed by atoms with Crippen molar-refractivity contribution >= 4 is 5.91 Å². The first-order chi connectivity index (χ1) is 10.6. The van der Waals surface area contributed by atoms with Gasteiger partial charge in [-0.1, -0.05) is 6.07 Å². The Hall–Kier alpha value is -2.28. The molecule has 1 fully saturated rings. The van der Waals surface area contributed by atoms with Gasteiger partial charge < -0.3 is 11.1 Å². The molecule has 1 saturated carbocycles. The van der Waals surface area contributed by atoms with E-state index in [9.17, 15) is 13.6 Å². The predicted molar refractivity (Wildman–Crippen MR) is 76.5 cm³/mol. The van der Waals surface area contributed by atoms with Crippen LogP contribution in [0.1, 0.15) is 23.3 Å². The van der Waals surface area contributed by atoms with Gasteiger partial charge in [0, 0.05) is 18.8 Å². The number of para-hydroxylation sites is 1. The molecule has 7 heteroatoms. The van der Waals surface area contributed by atoms with Gasteiger partial charge in [-0.25, -0.2) is 13.5 Å². The predicted octanol–water partition coefficient (Wildman–Crippen LogP) is 1.62. The number of hydrogen-bond acceptors (Lipinski definition) is 3. The Morgan fingerprint density at radius 2 is 2.05 bits per heavy atom. The lowest BCUT2D eigenvalue weighted by molar-refractivity contribution is 0.0945. The number of carbonyl (C=O) groups excluding carboxylic acids is 1. The number of amides is 1. The topological polar surface area (TPSA) is 72.9 Å². The SMILES string of the molecule is NC(CNC(=O)c1ccn(-c2c(F)cccc2F)n1)C1CC1. The van der Waals surface area contributed by atoms with Crippen molar-refractivity contribution < 1.29 is 13.6 Å². The van der Waals surface area contributed by atoms with E-state index >= 15 is 0 Å². The molecule has 1 aromatic heterocycles. The molecule has 5 nitrogen and oxygen atoms in total. The Labute approximate surface area is 126 Å². The van der Waals surface area contributed by atoms with E-state index in [-0.39, 0.29) is 17.4 Å². The van der Waals surface area contributed by atoms with Crippen LogP contribution in [0, 0.1) is 17.6 Å². The molecule has 0 saturated heterocycles. The number of halogens is 2. The highest BCUT2D eigenvalue weighted by atomic mass is 19.1. The van der Waals surface area contributed by atoms with Crippen molar-refractivity contribution in [2.24, 2.45) is 11.7 Å². The van der Waals surface area contributed by atoms with E-state index in [1.165, 1.54) is 18.3 Å². The van der Waals surface area contributed by atoms with Gasteiger partial charge in [0.2, 0.25) is 0 Å². The van der Waals surface area contributed by atoms with Gasteiger partial charge in [-0.05, 0) is 37.0 Å². The van der Waals surface area contributed by atoms with E-state index in [0.29, 0.717) is 12.5 Å². The van der Waals surface area contributed by atoms with E-state index in [0.717, 1.165) is 29.7 Å². The zero-order valence-corrected chi connectivity index (χ0v) is 11.8. The van der Waals surface area contributed by atoms with E-state index < -0.39 is 17.5 Å². The number of aromatic nitrogens is 2. The minimum absolute atomic E-state index is 0.0601. The fourth-order valence-electron chi connectivity index (χ4n) is 2.27. The van der Waals surface area contributed by atoms with E-state index in [4.69, 9.17) is 5.73 Å². The molecule has 1 heterocycles. The first-order valence-electron chi connectivity index (χ1n) is 7.10. The van der Waals surface area contributed by atoms with E-state index in [1.807, 2.05) is 0 Å². The summed E-state index contributed by atoms with van der Waals surface area (Å²) in [6.07, 6.45) is 3.54. The van der Waals surface area contributed by atoms with Gasteiger partial charge in [-0.15, -0.1) is 0 Å². The largest absolute Gasteiger partial charge is 0.349 e. The molecule has 2 aromatic rings. The maximum absolute atomic E-state index is 13.7. The van der Waals surface area contributed by atoms with Crippen LogP contribution in [0.5, 0.6) is 0 Å². The summed E-state index contributed by atoms with van der Waals surface area (Å²) < 4.78 is 28.4. The normalized spacial score (nSPS) is 15.6. The van der Waals surface area contributed by atoms with Crippen molar-refractivity contribution in [3.8, 4) is 5.69 Å². The lowest BCUT2D eigenvalue weighted by Gasteiger charge is -2.10. The number of nitrogens with one attached hydrogen (secondary N) is 1. The summed E-state index contributed by atoms with van der Waals surface area (Å²) in [6.45, 7) is 0.365. The van der Waals surface area contributed by atoms with Gasteiger partial charge in [0.05, 0.1) is 0 Å². The van der Waals surface area contributed by atoms with Crippen molar-refractivity contribution in [3.63, 3.8) is 0 Å². The summed E-state index contributed by atoms with van der Waals surface area (Å²) in [5.74, 6) is -1.42. The minimum atomic E-state index is -0.745. The second-order valence-corrected chi connectivity index (χ2v) is 5.43. The maximum atomic E-state index is 13.7. The molecule has 1 unspecified atom stereocenters. The molecule has 1 aliphatic carbocycles. The molecular formula is C15H16F2N4O. The van der Waals surface area contributed by atoms with Crippen molar-refractivity contribution in [3.05, 3.63) is 47.8 Å². The second kappa shape index (κ2) is 5.84. The van der Waals surface area contributed by atoms with Crippen molar-refractivity contribution in [1.82, 2.24) is 15.1 Å². The van der Waals surface area contributed by atoms with Gasteiger partial charge >= 0.3 is 0 Å². The Kier molecular flexibility index (Phi) is 3.89. The molecule has 22 heavy (non-hydrogen) atoms. The third-order valence-corrected chi connectivity index (χ3v) is 3.71. The summed E-state index contributed by atoms with van der Waals surface area (Å²) in [5, 5.41) is 6.61. The standard InChI is InChI=1S/C15H16F2N4O/c16-10-2-1-3-11(17)14(10)21-7-6-13(20-21)15(22)19-8-12(18)9-4-5-9/h1-3,6-7,9,12H,4-5,8,18H2,(H,19,22). The first kappa shape index (κ1) is 14.6. The third-order valence-electron chi connectivity index (χ3n) is 3.71. The first-order valence-corrected chi connectivity index (χ1v) is 7.10. The number of rotatable bonds is 5. The van der Waals surface area contributed by atoms with Gasteiger partial charge in [0.25, 0.3) is 5.91 Å².